The molecule has 2 fully saturated rings. The molecule has 0 radical (unpaired) electrons. The van der Waals surface area contributed by atoms with Crippen LogP contribution in [0.1, 0.15) is 43.6 Å². The van der Waals surface area contributed by atoms with Gasteiger partial charge in [0, 0.05) is 24.8 Å². The van der Waals surface area contributed by atoms with Gasteiger partial charge in [0.15, 0.2) is 0 Å². The molecule has 1 aliphatic carbocycles. The van der Waals surface area contributed by atoms with Crippen molar-refractivity contribution in [2.24, 2.45) is 0 Å². The molecule has 2 heterocycles. The highest BCUT2D eigenvalue weighted by Gasteiger charge is 2.38. The number of hydrogen-bond acceptors (Lipinski definition) is 6. The van der Waals surface area contributed by atoms with Crippen molar-refractivity contribution in [2.45, 2.75) is 56.2 Å². The van der Waals surface area contributed by atoms with Crippen LogP contribution in [0.25, 0.3) is 0 Å². The van der Waals surface area contributed by atoms with Gasteiger partial charge in [0.05, 0.1) is 44.0 Å². The van der Waals surface area contributed by atoms with Crippen LogP contribution in [-0.2, 0) is 14.8 Å². The summed E-state index contributed by atoms with van der Waals surface area (Å²) >= 11 is 0. The van der Waals surface area contributed by atoms with Gasteiger partial charge in [0.1, 0.15) is 5.75 Å². The van der Waals surface area contributed by atoms with E-state index in [2.05, 4.69) is 44.9 Å². The van der Waals surface area contributed by atoms with Crippen molar-refractivity contribution in [3.63, 3.8) is 0 Å². The summed E-state index contributed by atoms with van der Waals surface area (Å²) in [5, 5.41) is 0. The number of sulfonamides is 1. The van der Waals surface area contributed by atoms with Crippen LogP contribution in [0.5, 0.6) is 5.75 Å². The normalized spacial score (nSPS) is 26.2. The lowest BCUT2D eigenvalue weighted by atomic mass is 9.83. The molecule has 1 N–H and O–H groups in total. The lowest BCUT2D eigenvalue weighted by Gasteiger charge is -2.34. The molecule has 1 aliphatic heterocycles. The number of aromatic nitrogens is 1. The highest BCUT2D eigenvalue weighted by atomic mass is 32.2. The summed E-state index contributed by atoms with van der Waals surface area (Å²) < 4.78 is 38.7. The summed E-state index contributed by atoms with van der Waals surface area (Å²) in [4.78, 5) is 6.43. The Labute approximate surface area is 191 Å². The highest BCUT2D eigenvalue weighted by molar-refractivity contribution is 7.88. The molecule has 0 unspecified atom stereocenters. The van der Waals surface area contributed by atoms with E-state index in [1.807, 2.05) is 6.07 Å². The third kappa shape index (κ3) is 5.60. The summed E-state index contributed by atoms with van der Waals surface area (Å²) in [6.45, 7) is 1.18. The van der Waals surface area contributed by atoms with Crippen LogP contribution >= 0.6 is 0 Å². The minimum Gasteiger partial charge on any atom is -0.494 e. The molecule has 1 aromatic carbocycles. The summed E-state index contributed by atoms with van der Waals surface area (Å²) in [5.41, 5.74) is 2.28. The molecule has 32 heavy (non-hydrogen) atoms. The number of nitrogens with zero attached hydrogens (tertiary/aromatic N) is 2. The van der Waals surface area contributed by atoms with E-state index in [9.17, 15) is 8.42 Å². The number of hydrogen-bond donors (Lipinski definition) is 1. The van der Waals surface area contributed by atoms with E-state index in [1.54, 1.807) is 19.5 Å². The van der Waals surface area contributed by atoms with Crippen molar-refractivity contribution in [3.8, 4) is 5.75 Å². The smallest absolute Gasteiger partial charge is 0.209 e. The zero-order chi connectivity index (χ0) is 22.6. The van der Waals surface area contributed by atoms with Crippen molar-refractivity contribution in [2.75, 3.05) is 31.4 Å². The van der Waals surface area contributed by atoms with Crippen LogP contribution in [0.4, 0.5) is 5.69 Å². The fourth-order valence-corrected chi connectivity index (χ4v) is 5.88. The number of ether oxygens (including phenoxy) is 2. The second kappa shape index (κ2) is 10.2. The topological polar surface area (TPSA) is 80.8 Å². The third-order valence-corrected chi connectivity index (χ3v) is 7.38. The first-order valence-electron chi connectivity index (χ1n) is 11.3. The molecule has 174 valence electrons. The average Bonchev–Trinajstić information content (AvgIpc) is 3.19. The minimum atomic E-state index is -3.32. The van der Waals surface area contributed by atoms with Crippen LogP contribution in [0.3, 0.4) is 0 Å². The Kier molecular flexibility index (Phi) is 7.33. The molecule has 0 amide bonds. The molecule has 2 atom stereocenters. The highest BCUT2D eigenvalue weighted by Crippen LogP contribution is 2.36. The van der Waals surface area contributed by atoms with Crippen molar-refractivity contribution >= 4 is 15.7 Å². The second-order valence-electron chi connectivity index (χ2n) is 8.81. The van der Waals surface area contributed by atoms with Crippen molar-refractivity contribution in [1.29, 1.82) is 0 Å². The van der Waals surface area contributed by atoms with Gasteiger partial charge in [-0.3, -0.25) is 4.98 Å². The Morgan fingerprint density at radius 2 is 1.84 bits per heavy atom. The molecule has 0 spiro atoms. The largest absolute Gasteiger partial charge is 0.494 e. The quantitative estimate of drug-likeness (QED) is 0.652. The second-order valence-corrected chi connectivity index (χ2v) is 10.6. The first kappa shape index (κ1) is 23.0. The summed E-state index contributed by atoms with van der Waals surface area (Å²) in [6.07, 6.45) is 9.87. The molecular formula is C24H33N3O4S. The van der Waals surface area contributed by atoms with Crippen LogP contribution in [-0.4, -0.2) is 58.1 Å². The monoisotopic (exact) mass is 459 g/mol. The maximum Gasteiger partial charge on any atom is 0.209 e. The standard InChI is InChI=1S/C24H33N3O4S/c1-30-24-12-14-25-16-22(24)27-15-13-21(26-32(2,28)29)23(27)17-31-20-10-8-19(9-11-20)18-6-4-3-5-7-18/h3-7,12,14,16,19-21,23,26H,8-11,13,15,17H2,1-2H3/t19?,20?,21-,23-/m0/s1. The molecular weight excluding hydrogens is 426 g/mol. The van der Waals surface area contributed by atoms with Gasteiger partial charge in [0.2, 0.25) is 10.0 Å². The molecule has 1 aromatic heterocycles. The molecule has 0 bridgehead atoms. The molecule has 4 rings (SSSR count). The van der Waals surface area contributed by atoms with Gasteiger partial charge >= 0.3 is 0 Å². The van der Waals surface area contributed by atoms with E-state index in [1.165, 1.54) is 11.8 Å². The summed E-state index contributed by atoms with van der Waals surface area (Å²) in [6, 6.07) is 12.2. The fourth-order valence-electron chi connectivity index (χ4n) is 5.06. The SMILES string of the molecule is COc1ccncc1N1CC[C@H](NS(C)(=O)=O)[C@@H]1COC1CCC(c2ccccc2)CC1. The van der Waals surface area contributed by atoms with E-state index in [-0.39, 0.29) is 18.2 Å². The van der Waals surface area contributed by atoms with Crippen molar-refractivity contribution in [3.05, 3.63) is 54.4 Å². The zero-order valence-electron chi connectivity index (χ0n) is 18.8. The maximum atomic E-state index is 12.0. The van der Waals surface area contributed by atoms with Gasteiger partial charge in [-0.1, -0.05) is 30.3 Å². The number of rotatable bonds is 8. The lowest BCUT2D eigenvalue weighted by molar-refractivity contribution is 0.0156. The van der Waals surface area contributed by atoms with Crippen LogP contribution in [0.15, 0.2) is 48.8 Å². The number of anilines is 1. The van der Waals surface area contributed by atoms with E-state index >= 15 is 0 Å². The van der Waals surface area contributed by atoms with E-state index in [0.29, 0.717) is 25.5 Å². The third-order valence-electron chi connectivity index (χ3n) is 6.65. The van der Waals surface area contributed by atoms with Gasteiger partial charge in [-0.2, -0.15) is 0 Å². The summed E-state index contributed by atoms with van der Waals surface area (Å²) in [7, 11) is -1.69. The van der Waals surface area contributed by atoms with E-state index in [0.717, 1.165) is 37.1 Å². The number of benzene rings is 1. The Balaban J connectivity index is 1.42. The first-order valence-corrected chi connectivity index (χ1v) is 13.2. The zero-order valence-corrected chi connectivity index (χ0v) is 19.6. The molecule has 8 heteroatoms. The van der Waals surface area contributed by atoms with Gasteiger partial charge in [-0.05, 0) is 43.6 Å². The van der Waals surface area contributed by atoms with Crippen LogP contribution in [0, 0.1) is 0 Å². The maximum absolute atomic E-state index is 12.0. The first-order chi connectivity index (χ1) is 15.4. The van der Waals surface area contributed by atoms with E-state index < -0.39 is 10.0 Å². The van der Waals surface area contributed by atoms with Crippen molar-refractivity contribution < 1.29 is 17.9 Å². The molecule has 1 saturated carbocycles. The minimum absolute atomic E-state index is 0.116. The lowest BCUT2D eigenvalue weighted by Crippen LogP contribution is -2.48. The van der Waals surface area contributed by atoms with Gasteiger partial charge in [-0.15, -0.1) is 0 Å². The fraction of sp³-hybridized carbons (Fsp3) is 0.542. The predicted octanol–water partition coefficient (Wildman–Crippen LogP) is 3.33. The number of methoxy groups -OCH3 is 1. The Bertz CT molecular complexity index is 978. The Morgan fingerprint density at radius 1 is 1.09 bits per heavy atom. The van der Waals surface area contributed by atoms with E-state index in [4.69, 9.17) is 9.47 Å². The molecule has 2 aromatic rings. The predicted molar refractivity (Wildman–Crippen MR) is 126 cm³/mol. The van der Waals surface area contributed by atoms with Gasteiger partial charge in [-0.25, -0.2) is 13.1 Å². The Hall–Kier alpha value is -2.16. The summed E-state index contributed by atoms with van der Waals surface area (Å²) in [5.74, 6) is 1.33. The van der Waals surface area contributed by atoms with Crippen molar-refractivity contribution in [1.82, 2.24) is 9.71 Å². The molecule has 2 aliphatic rings. The van der Waals surface area contributed by atoms with Crippen LogP contribution in [0.2, 0.25) is 0 Å². The average molecular weight is 460 g/mol. The Morgan fingerprint density at radius 3 is 2.53 bits per heavy atom. The number of pyridine rings is 1. The number of nitrogens with one attached hydrogen (secondary N) is 1. The van der Waals surface area contributed by atoms with Gasteiger partial charge in [0.25, 0.3) is 0 Å². The molecule has 1 saturated heterocycles. The van der Waals surface area contributed by atoms with Crippen LogP contribution < -0.4 is 14.4 Å². The van der Waals surface area contributed by atoms with Gasteiger partial charge < -0.3 is 14.4 Å². The molecule has 7 nitrogen and oxygen atoms in total.